The first-order chi connectivity index (χ1) is 3.31. The van der Waals surface area contributed by atoms with Gasteiger partial charge in [-0.3, -0.25) is 0 Å². The molecule has 0 bridgehead atoms. The number of alkyl halides is 2. The Bertz CT molecular complexity index is 40.7. The van der Waals surface area contributed by atoms with Crippen molar-refractivity contribution in [3.8, 4) is 0 Å². The fourth-order valence-corrected chi connectivity index (χ4v) is 1.83. The van der Waals surface area contributed by atoms with Gasteiger partial charge in [-0.25, -0.2) is 0 Å². The summed E-state index contributed by atoms with van der Waals surface area (Å²) in [5, 5.41) is 0.221. The maximum absolute atomic E-state index is 5.66. The van der Waals surface area contributed by atoms with Gasteiger partial charge >= 0.3 is 0 Å². The van der Waals surface area contributed by atoms with Crippen LogP contribution in [0.5, 0.6) is 0 Å². The van der Waals surface area contributed by atoms with Crippen molar-refractivity contribution < 1.29 is 0 Å². The summed E-state index contributed by atoms with van der Waals surface area (Å²) in [6, 6.07) is 1.26. The fraction of sp³-hybridized carbons (Fsp3) is 1.00. The molecule has 0 amide bonds. The van der Waals surface area contributed by atoms with E-state index in [1.54, 1.807) is 0 Å². The molecule has 0 saturated heterocycles. The first-order valence-electron chi connectivity index (χ1n) is 2.51. The van der Waals surface area contributed by atoms with Gasteiger partial charge in [-0.1, -0.05) is 6.04 Å². The molecule has 44 valence electrons. The van der Waals surface area contributed by atoms with Gasteiger partial charge < -0.3 is 0 Å². The molecule has 0 aromatic carbocycles. The summed E-state index contributed by atoms with van der Waals surface area (Å²) in [5.74, 6) is 0.601. The van der Waals surface area contributed by atoms with E-state index in [0.717, 1.165) is 6.42 Å². The van der Waals surface area contributed by atoms with Crippen LogP contribution in [-0.4, -0.2) is 21.5 Å². The second kappa shape index (κ2) is 4.94. The molecule has 0 fully saturated rings. The fourth-order valence-electron chi connectivity index (χ4n) is 0.390. The maximum atomic E-state index is 5.66. The average Bonchev–Trinajstić information content (AvgIpc) is 1.68. The van der Waals surface area contributed by atoms with Crippen molar-refractivity contribution >= 4 is 33.4 Å². The van der Waals surface area contributed by atoms with Gasteiger partial charge in [-0.05, 0) is 6.42 Å². The normalized spacial score (nSPS) is 14.6. The molecule has 0 N–H and O–H groups in total. The molecule has 0 aromatic heterocycles. The Hall–Kier alpha value is 0.797. The largest absolute Gasteiger partial charge is 0.125 e. The zero-order valence-electron chi connectivity index (χ0n) is 4.45. The monoisotopic (exact) mass is 156 g/mol. The minimum Gasteiger partial charge on any atom is -0.125 e. The van der Waals surface area contributed by atoms with Crippen LogP contribution in [0, 0.1) is 0 Å². The maximum Gasteiger partial charge on any atom is 0.0468 e. The molecule has 0 aliphatic heterocycles. The van der Waals surface area contributed by atoms with Gasteiger partial charge in [0, 0.05) is 21.5 Å². The summed E-state index contributed by atoms with van der Waals surface area (Å²) in [4.78, 5) is 0. The summed E-state index contributed by atoms with van der Waals surface area (Å²) < 4.78 is 0. The molecule has 0 radical (unpaired) electrons. The van der Waals surface area contributed by atoms with E-state index in [9.17, 15) is 0 Å². The molecule has 0 heterocycles. The minimum absolute atomic E-state index is 0.221. The van der Waals surface area contributed by atoms with Crippen LogP contribution < -0.4 is 0 Å². The summed E-state index contributed by atoms with van der Waals surface area (Å²) in [6.45, 7) is 0. The van der Waals surface area contributed by atoms with E-state index in [1.165, 1.54) is 16.3 Å². The molecule has 3 heteroatoms. The third-order valence-electron chi connectivity index (χ3n) is 0.769. The number of halogens is 2. The Balaban J connectivity index is 2.83. The molecule has 0 spiro atoms. The van der Waals surface area contributed by atoms with Crippen LogP contribution in [0.3, 0.4) is 0 Å². The lowest BCUT2D eigenvalue weighted by Crippen LogP contribution is -1.97. The van der Waals surface area contributed by atoms with E-state index in [0.29, 0.717) is 5.88 Å². The van der Waals surface area contributed by atoms with E-state index < -0.39 is 0 Å². The summed E-state index contributed by atoms with van der Waals surface area (Å²) in [6.07, 6.45) is 1.09. The molecule has 0 aliphatic rings. The highest BCUT2D eigenvalue weighted by Gasteiger charge is 1.97. The van der Waals surface area contributed by atoms with E-state index in [2.05, 4.69) is 0 Å². The average molecular weight is 157 g/mol. The standard InChI is InChI=1S/C4H10Cl2Si/c5-3-4(6)1-2-7/h4H,1-3H2,7H3. The van der Waals surface area contributed by atoms with Crippen LogP contribution in [0.25, 0.3) is 0 Å². The number of hydrogen-bond donors (Lipinski definition) is 0. The highest BCUT2D eigenvalue weighted by Crippen LogP contribution is 2.04. The summed E-state index contributed by atoms with van der Waals surface area (Å²) >= 11 is 11.1. The Kier molecular flexibility index (Phi) is 5.51. The molecule has 1 unspecified atom stereocenters. The zero-order chi connectivity index (χ0) is 5.70. The predicted octanol–water partition coefficient (Wildman–Crippen LogP) is 1.01. The lowest BCUT2D eigenvalue weighted by molar-refractivity contribution is 0.899. The van der Waals surface area contributed by atoms with Gasteiger partial charge in [-0.15, -0.1) is 23.2 Å². The van der Waals surface area contributed by atoms with E-state index >= 15 is 0 Å². The van der Waals surface area contributed by atoms with E-state index in [4.69, 9.17) is 23.2 Å². The first-order valence-corrected chi connectivity index (χ1v) is 4.89. The van der Waals surface area contributed by atoms with Gasteiger partial charge in [-0.2, -0.15) is 0 Å². The van der Waals surface area contributed by atoms with Crippen molar-refractivity contribution in [3.05, 3.63) is 0 Å². The van der Waals surface area contributed by atoms with Crippen molar-refractivity contribution in [1.29, 1.82) is 0 Å². The van der Waals surface area contributed by atoms with Gasteiger partial charge in [0.05, 0.1) is 0 Å². The van der Waals surface area contributed by atoms with Crippen LogP contribution in [0.1, 0.15) is 6.42 Å². The second-order valence-corrected chi connectivity index (χ2v) is 3.47. The number of hydrogen-bond acceptors (Lipinski definition) is 0. The molecule has 0 nitrogen and oxygen atoms in total. The van der Waals surface area contributed by atoms with Crippen molar-refractivity contribution in [2.75, 3.05) is 5.88 Å². The molecular weight excluding hydrogens is 147 g/mol. The highest BCUT2D eigenvalue weighted by molar-refractivity contribution is 6.28. The zero-order valence-corrected chi connectivity index (χ0v) is 7.97. The van der Waals surface area contributed by atoms with Crippen LogP contribution in [0.15, 0.2) is 0 Å². The van der Waals surface area contributed by atoms with Crippen LogP contribution in [0.2, 0.25) is 6.04 Å². The Morgan fingerprint density at radius 3 is 2.29 bits per heavy atom. The summed E-state index contributed by atoms with van der Waals surface area (Å²) in [5.41, 5.74) is 0. The Morgan fingerprint density at radius 2 is 2.14 bits per heavy atom. The molecule has 0 aliphatic carbocycles. The first kappa shape index (κ1) is 7.80. The second-order valence-electron chi connectivity index (χ2n) is 1.54. The van der Waals surface area contributed by atoms with Gasteiger partial charge in [0.15, 0.2) is 0 Å². The van der Waals surface area contributed by atoms with Gasteiger partial charge in [0.2, 0.25) is 0 Å². The lowest BCUT2D eigenvalue weighted by Gasteiger charge is -1.98. The molecule has 0 saturated carbocycles. The number of rotatable bonds is 3. The molecule has 1 atom stereocenters. The highest BCUT2D eigenvalue weighted by atomic mass is 35.5. The molecular formula is C4H10Cl2Si. The third kappa shape index (κ3) is 4.65. The quantitative estimate of drug-likeness (QED) is 0.423. The minimum atomic E-state index is 0.221. The van der Waals surface area contributed by atoms with Gasteiger partial charge in [0.25, 0.3) is 0 Å². The van der Waals surface area contributed by atoms with Crippen molar-refractivity contribution in [3.63, 3.8) is 0 Å². The molecule has 0 aromatic rings. The SMILES string of the molecule is [SiH3]CCC(Cl)CCl. The van der Waals surface area contributed by atoms with E-state index in [-0.39, 0.29) is 5.38 Å². The van der Waals surface area contributed by atoms with Crippen molar-refractivity contribution in [2.45, 2.75) is 17.8 Å². The van der Waals surface area contributed by atoms with E-state index in [1.807, 2.05) is 0 Å². The third-order valence-corrected chi connectivity index (χ3v) is 2.25. The van der Waals surface area contributed by atoms with Crippen LogP contribution in [0.4, 0.5) is 0 Å². The van der Waals surface area contributed by atoms with Crippen LogP contribution in [-0.2, 0) is 0 Å². The Labute approximate surface area is 57.6 Å². The van der Waals surface area contributed by atoms with Gasteiger partial charge in [0.1, 0.15) is 0 Å². The van der Waals surface area contributed by atoms with Crippen LogP contribution >= 0.6 is 23.2 Å². The molecule has 0 rings (SSSR count). The van der Waals surface area contributed by atoms with Crippen molar-refractivity contribution in [2.24, 2.45) is 0 Å². The molecule has 7 heavy (non-hydrogen) atoms. The smallest absolute Gasteiger partial charge is 0.0468 e. The Morgan fingerprint density at radius 1 is 1.57 bits per heavy atom. The topological polar surface area (TPSA) is 0 Å². The predicted molar refractivity (Wildman–Crippen MR) is 39.7 cm³/mol. The summed E-state index contributed by atoms with van der Waals surface area (Å²) in [7, 11) is 1.25. The van der Waals surface area contributed by atoms with Crippen molar-refractivity contribution in [1.82, 2.24) is 0 Å². The lowest BCUT2D eigenvalue weighted by atomic mass is 10.4.